The minimum absolute atomic E-state index is 0.00670. The normalized spacial score (nSPS) is 26.9. The van der Waals surface area contributed by atoms with E-state index in [2.05, 4.69) is 0 Å². The minimum Gasteiger partial charge on any atom is -0.463 e. The SMILES string of the molecule is CCC(=O)OC[C@H]1O[C@@H](n2c(Cl)c(C(C)=O)c3cc(Cl)c(Cl)cc32)[C@@H]2OC(C)(C)O[C@@H]21. The van der Waals surface area contributed by atoms with Crippen LogP contribution in [0, 0.1) is 0 Å². The Hall–Kier alpha value is -1.35. The Labute approximate surface area is 194 Å². The van der Waals surface area contributed by atoms with Crippen molar-refractivity contribution in [2.24, 2.45) is 0 Å². The van der Waals surface area contributed by atoms with Gasteiger partial charge in [-0.15, -0.1) is 0 Å². The van der Waals surface area contributed by atoms with Crippen LogP contribution < -0.4 is 0 Å². The molecule has 31 heavy (non-hydrogen) atoms. The number of rotatable bonds is 5. The molecule has 168 valence electrons. The number of hydrogen-bond acceptors (Lipinski definition) is 6. The molecule has 0 bridgehead atoms. The summed E-state index contributed by atoms with van der Waals surface area (Å²) in [6.45, 7) is 6.74. The zero-order valence-electron chi connectivity index (χ0n) is 17.4. The number of ketones is 1. The van der Waals surface area contributed by atoms with E-state index in [9.17, 15) is 9.59 Å². The van der Waals surface area contributed by atoms with E-state index in [1.54, 1.807) is 37.5 Å². The van der Waals surface area contributed by atoms with E-state index >= 15 is 0 Å². The van der Waals surface area contributed by atoms with E-state index in [0.29, 0.717) is 26.5 Å². The second-order valence-electron chi connectivity index (χ2n) is 8.04. The first-order chi connectivity index (χ1) is 14.5. The van der Waals surface area contributed by atoms with Gasteiger partial charge in [0.25, 0.3) is 0 Å². The van der Waals surface area contributed by atoms with Crippen LogP contribution in [0.1, 0.15) is 50.7 Å². The highest BCUT2D eigenvalue weighted by Crippen LogP contribution is 2.47. The second kappa shape index (κ2) is 8.21. The van der Waals surface area contributed by atoms with Crippen molar-refractivity contribution in [3.05, 3.63) is 32.9 Å². The number of aromatic nitrogens is 1. The Bertz CT molecular complexity index is 1070. The van der Waals surface area contributed by atoms with Crippen molar-refractivity contribution in [3.8, 4) is 0 Å². The van der Waals surface area contributed by atoms with E-state index in [1.165, 1.54) is 6.92 Å². The quantitative estimate of drug-likeness (QED) is 0.425. The molecule has 2 aromatic rings. The molecule has 1 aromatic heterocycles. The highest BCUT2D eigenvalue weighted by Gasteiger charge is 2.56. The molecule has 0 amide bonds. The number of carbonyl (C=O) groups is 2. The molecule has 0 unspecified atom stereocenters. The summed E-state index contributed by atoms with van der Waals surface area (Å²) in [5.41, 5.74) is 0.891. The molecule has 4 rings (SSSR count). The number of Topliss-reactive ketones (excluding diaryl/α,β-unsaturated/α-hetero) is 1. The molecule has 3 heterocycles. The lowest BCUT2D eigenvalue weighted by Gasteiger charge is -2.25. The lowest BCUT2D eigenvalue weighted by Crippen LogP contribution is -2.33. The first-order valence-electron chi connectivity index (χ1n) is 9.90. The fraction of sp³-hybridized carbons (Fsp3) is 0.524. The van der Waals surface area contributed by atoms with Gasteiger partial charge >= 0.3 is 5.97 Å². The molecule has 0 saturated carbocycles. The van der Waals surface area contributed by atoms with Gasteiger partial charge in [-0.1, -0.05) is 41.7 Å². The summed E-state index contributed by atoms with van der Waals surface area (Å²) >= 11 is 19.2. The number of carbonyl (C=O) groups excluding carboxylic acids is 2. The molecule has 2 aliphatic rings. The third-order valence-corrected chi connectivity index (χ3v) is 6.51. The summed E-state index contributed by atoms with van der Waals surface area (Å²) in [7, 11) is 0. The zero-order valence-corrected chi connectivity index (χ0v) is 19.7. The monoisotopic (exact) mass is 489 g/mol. The van der Waals surface area contributed by atoms with Gasteiger partial charge in [0.15, 0.2) is 17.8 Å². The molecular formula is C21H22Cl3NO6. The van der Waals surface area contributed by atoms with E-state index in [0.717, 1.165) is 0 Å². The molecule has 0 aliphatic carbocycles. The highest BCUT2D eigenvalue weighted by atomic mass is 35.5. The topological polar surface area (TPSA) is 76.0 Å². The van der Waals surface area contributed by atoms with E-state index < -0.39 is 30.3 Å². The Kier molecular flexibility index (Phi) is 6.05. The number of benzene rings is 1. The molecule has 0 N–H and O–H groups in total. The number of halogens is 3. The third-order valence-electron chi connectivity index (χ3n) is 5.41. The molecule has 7 nitrogen and oxygen atoms in total. The first kappa shape index (κ1) is 22.8. The Morgan fingerprint density at radius 1 is 1.13 bits per heavy atom. The average Bonchev–Trinajstić information content (AvgIpc) is 3.26. The lowest BCUT2D eigenvalue weighted by atomic mass is 10.1. The summed E-state index contributed by atoms with van der Waals surface area (Å²) in [6, 6.07) is 3.25. The van der Waals surface area contributed by atoms with Gasteiger partial charge in [0.05, 0.1) is 21.1 Å². The van der Waals surface area contributed by atoms with Gasteiger partial charge in [0.2, 0.25) is 0 Å². The third kappa shape index (κ3) is 3.96. The number of fused-ring (bicyclic) bond motifs is 2. The maximum atomic E-state index is 12.4. The Morgan fingerprint density at radius 2 is 1.77 bits per heavy atom. The predicted octanol–water partition coefficient (Wildman–Crippen LogP) is 5.17. The molecule has 1 aromatic carbocycles. The van der Waals surface area contributed by atoms with Crippen molar-refractivity contribution < 1.29 is 28.5 Å². The molecule has 0 radical (unpaired) electrons. The van der Waals surface area contributed by atoms with Gasteiger partial charge in [-0.05, 0) is 32.9 Å². The zero-order chi connectivity index (χ0) is 22.7. The van der Waals surface area contributed by atoms with Crippen LogP contribution in [0.2, 0.25) is 15.2 Å². The van der Waals surface area contributed by atoms with Gasteiger partial charge in [-0.3, -0.25) is 9.59 Å². The molecule has 10 heteroatoms. The number of nitrogens with zero attached hydrogens (tertiary/aromatic N) is 1. The summed E-state index contributed by atoms with van der Waals surface area (Å²) in [5.74, 6) is -1.44. The van der Waals surface area contributed by atoms with E-state index in [-0.39, 0.29) is 29.9 Å². The van der Waals surface area contributed by atoms with Crippen LogP contribution in [0.3, 0.4) is 0 Å². The number of hydrogen-bond donors (Lipinski definition) is 0. The Morgan fingerprint density at radius 3 is 2.42 bits per heavy atom. The Balaban J connectivity index is 1.81. The summed E-state index contributed by atoms with van der Waals surface area (Å²) in [4.78, 5) is 24.1. The van der Waals surface area contributed by atoms with Crippen molar-refractivity contribution in [1.82, 2.24) is 4.57 Å². The predicted molar refractivity (Wildman–Crippen MR) is 116 cm³/mol. The number of ether oxygens (including phenoxy) is 4. The smallest absolute Gasteiger partial charge is 0.305 e. The molecule has 2 aliphatic heterocycles. The van der Waals surface area contributed by atoms with Gasteiger partial charge in [-0.2, -0.15) is 0 Å². The maximum Gasteiger partial charge on any atom is 0.305 e. The van der Waals surface area contributed by atoms with Crippen LogP contribution in [-0.2, 0) is 23.7 Å². The second-order valence-corrected chi connectivity index (χ2v) is 9.21. The van der Waals surface area contributed by atoms with Crippen LogP contribution >= 0.6 is 34.8 Å². The molecule has 2 fully saturated rings. The van der Waals surface area contributed by atoms with Crippen LogP contribution in [0.5, 0.6) is 0 Å². The molecular weight excluding hydrogens is 469 g/mol. The van der Waals surface area contributed by atoms with Gasteiger partial charge in [0, 0.05) is 11.8 Å². The molecule has 4 atom stereocenters. The fourth-order valence-corrected chi connectivity index (χ4v) is 4.88. The van der Waals surface area contributed by atoms with Crippen molar-refractivity contribution in [3.63, 3.8) is 0 Å². The van der Waals surface area contributed by atoms with Crippen molar-refractivity contribution in [1.29, 1.82) is 0 Å². The minimum atomic E-state index is -0.871. The maximum absolute atomic E-state index is 12.4. The van der Waals surface area contributed by atoms with Crippen LogP contribution in [0.25, 0.3) is 10.9 Å². The largest absolute Gasteiger partial charge is 0.463 e. The standard InChI is InChI=1S/C21H22Cl3NO6/c1-5-15(27)28-8-14-17-18(31-21(3,4)30-17)20(29-14)25-13-7-12(23)11(22)6-10(13)16(9(2)26)19(25)24/h6-7,14,17-18,20H,5,8H2,1-4H3/t14-,17-,18-,20-/m1/s1. The summed E-state index contributed by atoms with van der Waals surface area (Å²) in [5, 5.41) is 1.36. The van der Waals surface area contributed by atoms with Crippen molar-refractivity contribution in [2.75, 3.05) is 6.61 Å². The first-order valence-corrected chi connectivity index (χ1v) is 11.0. The van der Waals surface area contributed by atoms with Gasteiger partial charge < -0.3 is 23.5 Å². The van der Waals surface area contributed by atoms with Gasteiger partial charge in [0.1, 0.15) is 30.1 Å². The van der Waals surface area contributed by atoms with Crippen molar-refractivity contribution >= 4 is 57.5 Å². The van der Waals surface area contributed by atoms with Crippen LogP contribution in [-0.4, -0.2) is 47.0 Å². The van der Waals surface area contributed by atoms with Gasteiger partial charge in [-0.25, -0.2) is 0 Å². The van der Waals surface area contributed by atoms with E-state index in [1.807, 2.05) is 0 Å². The van der Waals surface area contributed by atoms with Crippen molar-refractivity contribution in [2.45, 2.75) is 64.4 Å². The fourth-order valence-electron chi connectivity index (χ4n) is 4.14. The average molecular weight is 491 g/mol. The van der Waals surface area contributed by atoms with Crippen LogP contribution in [0.15, 0.2) is 12.1 Å². The molecule has 2 saturated heterocycles. The number of esters is 1. The lowest BCUT2D eigenvalue weighted by molar-refractivity contribution is -0.202. The summed E-state index contributed by atoms with van der Waals surface area (Å²) < 4.78 is 25.3. The highest BCUT2D eigenvalue weighted by molar-refractivity contribution is 6.43. The van der Waals surface area contributed by atoms with E-state index in [4.69, 9.17) is 53.8 Å². The van der Waals surface area contributed by atoms with Crippen LogP contribution in [0.4, 0.5) is 0 Å². The molecule has 0 spiro atoms. The summed E-state index contributed by atoms with van der Waals surface area (Å²) in [6.07, 6.45) is -2.12.